The summed E-state index contributed by atoms with van der Waals surface area (Å²) in [5.74, 6) is 0.527. The van der Waals surface area contributed by atoms with Gasteiger partial charge < -0.3 is 10.2 Å². The van der Waals surface area contributed by atoms with E-state index in [0.29, 0.717) is 0 Å². The van der Waals surface area contributed by atoms with Gasteiger partial charge >= 0.3 is 0 Å². The molecule has 0 aliphatic heterocycles. The standard InChI is InChI=1S/C23H23BrO2/c1-2-3-16-23(17-4-10-20(24)11-5-17,18-6-12-21(25)13-7-18)19-8-14-22(26)15-9-19/h4-15,25-26H,2-3,16H2,1H3. The summed E-state index contributed by atoms with van der Waals surface area (Å²) in [6.07, 6.45) is 3.10. The van der Waals surface area contributed by atoms with Crippen molar-refractivity contribution in [3.8, 4) is 11.5 Å². The number of halogens is 1. The van der Waals surface area contributed by atoms with Gasteiger partial charge in [0, 0.05) is 9.89 Å². The Hall–Kier alpha value is -2.26. The Kier molecular flexibility index (Phi) is 5.67. The lowest BCUT2D eigenvalue weighted by Gasteiger charge is -2.36. The van der Waals surface area contributed by atoms with Crippen LogP contribution in [0.3, 0.4) is 0 Å². The Morgan fingerprint density at radius 3 is 1.46 bits per heavy atom. The van der Waals surface area contributed by atoms with E-state index in [2.05, 4.69) is 47.1 Å². The first kappa shape index (κ1) is 18.5. The molecule has 3 heteroatoms. The van der Waals surface area contributed by atoms with E-state index in [1.165, 1.54) is 5.56 Å². The first-order chi connectivity index (χ1) is 12.6. The van der Waals surface area contributed by atoms with Crippen molar-refractivity contribution in [2.24, 2.45) is 0 Å². The molecule has 3 rings (SSSR count). The first-order valence-corrected chi connectivity index (χ1v) is 9.70. The molecule has 0 fully saturated rings. The van der Waals surface area contributed by atoms with Crippen LogP contribution in [0, 0.1) is 0 Å². The van der Waals surface area contributed by atoms with E-state index < -0.39 is 0 Å². The highest BCUT2D eigenvalue weighted by atomic mass is 79.9. The van der Waals surface area contributed by atoms with Crippen LogP contribution in [0.25, 0.3) is 0 Å². The molecule has 0 aliphatic carbocycles. The molecule has 0 saturated carbocycles. The van der Waals surface area contributed by atoms with Gasteiger partial charge in [0.25, 0.3) is 0 Å². The summed E-state index contributed by atoms with van der Waals surface area (Å²) in [6, 6.07) is 23.4. The predicted molar refractivity (Wildman–Crippen MR) is 110 cm³/mol. The average Bonchev–Trinajstić information content (AvgIpc) is 2.66. The molecule has 0 amide bonds. The summed E-state index contributed by atoms with van der Waals surface area (Å²) in [7, 11) is 0. The maximum Gasteiger partial charge on any atom is 0.115 e. The molecule has 0 spiro atoms. The third kappa shape index (κ3) is 3.63. The SMILES string of the molecule is CCCCC(c1ccc(O)cc1)(c1ccc(O)cc1)c1ccc(Br)cc1. The van der Waals surface area contributed by atoms with E-state index in [9.17, 15) is 10.2 Å². The Morgan fingerprint density at radius 1 is 0.692 bits per heavy atom. The first-order valence-electron chi connectivity index (χ1n) is 8.91. The van der Waals surface area contributed by atoms with E-state index >= 15 is 0 Å². The maximum absolute atomic E-state index is 9.77. The van der Waals surface area contributed by atoms with Crippen molar-refractivity contribution in [1.82, 2.24) is 0 Å². The molecule has 0 saturated heterocycles. The van der Waals surface area contributed by atoms with Crippen molar-refractivity contribution in [3.05, 3.63) is 94.0 Å². The van der Waals surface area contributed by atoms with Crippen molar-refractivity contribution in [2.45, 2.75) is 31.6 Å². The summed E-state index contributed by atoms with van der Waals surface area (Å²) >= 11 is 3.53. The summed E-state index contributed by atoms with van der Waals surface area (Å²) in [5, 5.41) is 19.5. The highest BCUT2D eigenvalue weighted by Gasteiger charge is 2.35. The van der Waals surface area contributed by atoms with Gasteiger partial charge in [-0.05, 0) is 59.5 Å². The summed E-state index contributed by atoms with van der Waals surface area (Å²) in [6.45, 7) is 2.19. The smallest absolute Gasteiger partial charge is 0.115 e. The summed E-state index contributed by atoms with van der Waals surface area (Å²) in [5.41, 5.74) is 3.14. The molecule has 26 heavy (non-hydrogen) atoms. The highest BCUT2D eigenvalue weighted by Crippen LogP contribution is 2.44. The predicted octanol–water partition coefficient (Wildman–Crippen LogP) is 6.38. The molecule has 3 aromatic rings. The van der Waals surface area contributed by atoms with Crippen molar-refractivity contribution in [3.63, 3.8) is 0 Å². The fraction of sp³-hybridized carbons (Fsp3) is 0.217. The van der Waals surface area contributed by atoms with E-state index in [1.54, 1.807) is 24.3 Å². The number of benzene rings is 3. The average molecular weight is 411 g/mol. The second-order valence-electron chi connectivity index (χ2n) is 6.61. The molecule has 0 bridgehead atoms. The van der Waals surface area contributed by atoms with Crippen molar-refractivity contribution >= 4 is 15.9 Å². The zero-order chi connectivity index (χ0) is 18.6. The molecule has 0 unspecified atom stereocenters. The number of hydrogen-bond acceptors (Lipinski definition) is 2. The molecule has 0 aromatic heterocycles. The summed E-state index contributed by atoms with van der Waals surface area (Å²) in [4.78, 5) is 0. The van der Waals surface area contributed by atoms with Crippen LogP contribution in [0.1, 0.15) is 42.9 Å². The van der Waals surface area contributed by atoms with Gasteiger partial charge in [-0.25, -0.2) is 0 Å². The summed E-state index contributed by atoms with van der Waals surface area (Å²) < 4.78 is 1.04. The van der Waals surface area contributed by atoms with E-state index in [0.717, 1.165) is 34.9 Å². The van der Waals surface area contributed by atoms with Gasteiger partial charge in [0.05, 0.1) is 0 Å². The minimum absolute atomic E-state index is 0.264. The van der Waals surface area contributed by atoms with Crippen LogP contribution in [0.4, 0.5) is 0 Å². The van der Waals surface area contributed by atoms with Crippen molar-refractivity contribution in [2.75, 3.05) is 0 Å². The maximum atomic E-state index is 9.77. The van der Waals surface area contributed by atoms with Crippen LogP contribution in [-0.4, -0.2) is 10.2 Å². The highest BCUT2D eigenvalue weighted by molar-refractivity contribution is 9.10. The van der Waals surface area contributed by atoms with Crippen LogP contribution in [0.15, 0.2) is 77.3 Å². The van der Waals surface area contributed by atoms with Crippen molar-refractivity contribution < 1.29 is 10.2 Å². The van der Waals surface area contributed by atoms with Gasteiger partial charge in [-0.3, -0.25) is 0 Å². The Labute approximate surface area is 163 Å². The lowest BCUT2D eigenvalue weighted by molar-refractivity contribution is 0.471. The van der Waals surface area contributed by atoms with E-state index in [1.807, 2.05) is 24.3 Å². The molecule has 3 aromatic carbocycles. The molecule has 134 valence electrons. The van der Waals surface area contributed by atoms with Crippen LogP contribution in [0.2, 0.25) is 0 Å². The minimum Gasteiger partial charge on any atom is -0.508 e. The number of rotatable bonds is 6. The Balaban J connectivity index is 2.27. The van der Waals surface area contributed by atoms with E-state index in [-0.39, 0.29) is 16.9 Å². The van der Waals surface area contributed by atoms with Gasteiger partial charge in [0.1, 0.15) is 11.5 Å². The van der Waals surface area contributed by atoms with Gasteiger partial charge in [-0.15, -0.1) is 0 Å². The molecular formula is C23H23BrO2. The topological polar surface area (TPSA) is 40.5 Å². The van der Waals surface area contributed by atoms with Gasteiger partial charge in [-0.2, -0.15) is 0 Å². The van der Waals surface area contributed by atoms with Crippen LogP contribution < -0.4 is 0 Å². The monoisotopic (exact) mass is 410 g/mol. The van der Waals surface area contributed by atoms with Crippen molar-refractivity contribution in [1.29, 1.82) is 0 Å². The third-order valence-corrected chi connectivity index (χ3v) is 5.49. The normalized spacial score (nSPS) is 11.5. The second kappa shape index (κ2) is 7.96. The quantitative estimate of drug-likeness (QED) is 0.462. The molecule has 2 nitrogen and oxygen atoms in total. The van der Waals surface area contributed by atoms with Gasteiger partial charge in [-0.1, -0.05) is 72.1 Å². The third-order valence-electron chi connectivity index (χ3n) is 4.96. The van der Waals surface area contributed by atoms with Crippen LogP contribution in [0.5, 0.6) is 11.5 Å². The molecule has 2 N–H and O–H groups in total. The van der Waals surface area contributed by atoms with Crippen LogP contribution >= 0.6 is 15.9 Å². The number of unbranched alkanes of at least 4 members (excludes halogenated alkanes) is 1. The number of phenolic OH excluding ortho intramolecular Hbond substituents is 2. The largest absolute Gasteiger partial charge is 0.508 e. The lowest BCUT2D eigenvalue weighted by Crippen LogP contribution is -2.29. The Morgan fingerprint density at radius 2 is 1.08 bits per heavy atom. The Bertz CT molecular complexity index is 726. The fourth-order valence-electron chi connectivity index (χ4n) is 3.60. The number of phenols is 2. The number of hydrogen-bond donors (Lipinski definition) is 2. The van der Waals surface area contributed by atoms with Gasteiger partial charge in [0.2, 0.25) is 0 Å². The molecule has 0 aliphatic rings. The second-order valence-corrected chi connectivity index (χ2v) is 7.53. The fourth-order valence-corrected chi connectivity index (χ4v) is 3.87. The molecule has 0 atom stereocenters. The lowest BCUT2D eigenvalue weighted by atomic mass is 9.66. The molecule has 0 heterocycles. The molecular weight excluding hydrogens is 388 g/mol. The number of aromatic hydroxyl groups is 2. The van der Waals surface area contributed by atoms with Crippen LogP contribution in [-0.2, 0) is 5.41 Å². The zero-order valence-corrected chi connectivity index (χ0v) is 16.4. The minimum atomic E-state index is -0.335. The molecule has 0 radical (unpaired) electrons. The van der Waals surface area contributed by atoms with Gasteiger partial charge in [0.15, 0.2) is 0 Å². The zero-order valence-electron chi connectivity index (χ0n) is 14.8. The van der Waals surface area contributed by atoms with E-state index in [4.69, 9.17) is 0 Å².